The molecule has 0 aromatic carbocycles. The van der Waals surface area contributed by atoms with E-state index in [-0.39, 0.29) is 17.6 Å². The molecule has 0 heterocycles. The number of amides is 1. The van der Waals surface area contributed by atoms with Crippen LogP contribution in [0.2, 0.25) is 0 Å². The van der Waals surface area contributed by atoms with Gasteiger partial charge in [-0.2, -0.15) is 0 Å². The predicted octanol–water partition coefficient (Wildman–Crippen LogP) is 1.31. The molecule has 0 saturated heterocycles. The van der Waals surface area contributed by atoms with Gasteiger partial charge in [0.1, 0.15) is 5.25 Å². The van der Waals surface area contributed by atoms with E-state index in [1.807, 2.05) is 20.8 Å². The third-order valence-electron chi connectivity index (χ3n) is 2.14. The number of rotatable bonds is 6. The molecule has 0 aromatic rings. The number of carbonyl (C=O) groups is 2. The van der Waals surface area contributed by atoms with E-state index in [9.17, 15) is 9.59 Å². The number of carboxylic acid groups (broad SMARTS) is 1. The molecule has 0 saturated carbocycles. The van der Waals surface area contributed by atoms with Crippen LogP contribution in [0.4, 0.5) is 0 Å². The number of carbonyl (C=O) groups excluding carboxylic acids is 1. The molecule has 0 aliphatic carbocycles. The Bertz CT molecular complexity index is 231. The van der Waals surface area contributed by atoms with E-state index in [4.69, 9.17) is 5.11 Å². The van der Waals surface area contributed by atoms with Gasteiger partial charge >= 0.3 is 5.97 Å². The molecule has 0 rings (SSSR count). The van der Waals surface area contributed by atoms with Gasteiger partial charge in [0.2, 0.25) is 5.91 Å². The lowest BCUT2D eigenvalue weighted by Crippen LogP contribution is -2.30. The van der Waals surface area contributed by atoms with Gasteiger partial charge in [-0.15, -0.1) is 11.8 Å². The monoisotopic (exact) mass is 233 g/mol. The van der Waals surface area contributed by atoms with E-state index in [0.29, 0.717) is 6.54 Å². The molecule has 0 fully saturated rings. The second-order valence-corrected chi connectivity index (χ2v) is 4.85. The average molecular weight is 233 g/mol. The minimum absolute atomic E-state index is 0.0191. The van der Waals surface area contributed by atoms with Crippen LogP contribution in [-0.2, 0) is 9.59 Å². The maximum absolute atomic E-state index is 11.4. The molecule has 0 spiro atoms. The number of hydrogen-bond donors (Lipinski definition) is 1. The van der Waals surface area contributed by atoms with Crippen molar-refractivity contribution < 1.29 is 14.7 Å². The minimum Gasteiger partial charge on any atom is -0.480 e. The topological polar surface area (TPSA) is 57.6 Å². The highest BCUT2D eigenvalue weighted by Crippen LogP contribution is 2.19. The molecule has 88 valence electrons. The lowest BCUT2D eigenvalue weighted by atomic mass is 10.1. The summed E-state index contributed by atoms with van der Waals surface area (Å²) in [6, 6.07) is 0. The Balaban J connectivity index is 4.11. The molecule has 0 radical (unpaired) electrons. The Labute approximate surface area is 95.0 Å². The lowest BCUT2D eigenvalue weighted by molar-refractivity contribution is -0.137. The first-order valence-corrected chi connectivity index (χ1v) is 6.03. The van der Waals surface area contributed by atoms with Crippen LogP contribution < -0.4 is 0 Å². The molecule has 1 amide bonds. The fourth-order valence-corrected chi connectivity index (χ4v) is 2.07. The van der Waals surface area contributed by atoms with E-state index in [2.05, 4.69) is 0 Å². The average Bonchev–Trinajstić information content (AvgIpc) is 2.15. The van der Waals surface area contributed by atoms with Gasteiger partial charge in [0.25, 0.3) is 0 Å². The van der Waals surface area contributed by atoms with E-state index < -0.39 is 11.2 Å². The van der Waals surface area contributed by atoms with Crippen molar-refractivity contribution in [2.45, 2.75) is 26.0 Å². The summed E-state index contributed by atoms with van der Waals surface area (Å²) in [6.07, 6.45) is 0. The second kappa shape index (κ2) is 6.71. The van der Waals surface area contributed by atoms with Gasteiger partial charge < -0.3 is 10.0 Å². The van der Waals surface area contributed by atoms with Crippen LogP contribution in [0.15, 0.2) is 0 Å². The van der Waals surface area contributed by atoms with Gasteiger partial charge in [-0.3, -0.25) is 9.59 Å². The fourth-order valence-electron chi connectivity index (χ4n) is 0.997. The smallest absolute Gasteiger partial charge is 0.316 e. The van der Waals surface area contributed by atoms with Crippen molar-refractivity contribution in [1.82, 2.24) is 4.90 Å². The zero-order valence-corrected chi connectivity index (χ0v) is 10.5. The molecular formula is C10H19NO3S. The third-order valence-corrected chi connectivity index (χ3v) is 3.65. The van der Waals surface area contributed by atoms with Crippen molar-refractivity contribution in [3.05, 3.63) is 0 Å². The maximum atomic E-state index is 11.4. The summed E-state index contributed by atoms with van der Waals surface area (Å²) in [5.41, 5.74) is 0. The van der Waals surface area contributed by atoms with Crippen molar-refractivity contribution in [2.75, 3.05) is 19.3 Å². The Kier molecular flexibility index (Phi) is 6.40. The van der Waals surface area contributed by atoms with Crippen LogP contribution in [-0.4, -0.2) is 46.5 Å². The van der Waals surface area contributed by atoms with Crippen LogP contribution in [0.3, 0.4) is 0 Å². The zero-order valence-electron chi connectivity index (χ0n) is 9.69. The summed E-state index contributed by atoms with van der Waals surface area (Å²) in [6.45, 7) is 6.23. The first-order chi connectivity index (χ1) is 6.90. The van der Waals surface area contributed by atoms with Crippen LogP contribution in [0.25, 0.3) is 0 Å². The molecule has 4 nitrogen and oxygen atoms in total. The highest BCUT2D eigenvalue weighted by Gasteiger charge is 2.23. The van der Waals surface area contributed by atoms with Crippen molar-refractivity contribution in [3.63, 3.8) is 0 Å². The van der Waals surface area contributed by atoms with Crippen LogP contribution in [0.1, 0.15) is 20.8 Å². The third kappa shape index (κ3) is 5.06. The van der Waals surface area contributed by atoms with Crippen molar-refractivity contribution in [1.29, 1.82) is 0 Å². The molecule has 0 aliphatic rings. The first-order valence-electron chi connectivity index (χ1n) is 4.98. The normalized spacial score (nSPS) is 12.6. The SMILES string of the molecule is CCN(C)C(=O)CSC(C(=O)O)C(C)C. The Morgan fingerprint density at radius 1 is 1.40 bits per heavy atom. The Hall–Kier alpha value is -0.710. The molecule has 0 bridgehead atoms. The van der Waals surface area contributed by atoms with E-state index in [1.54, 1.807) is 11.9 Å². The van der Waals surface area contributed by atoms with Gasteiger partial charge in [0.15, 0.2) is 0 Å². The van der Waals surface area contributed by atoms with Crippen molar-refractivity contribution in [2.24, 2.45) is 5.92 Å². The van der Waals surface area contributed by atoms with E-state index >= 15 is 0 Å². The largest absolute Gasteiger partial charge is 0.480 e. The summed E-state index contributed by atoms with van der Waals surface area (Å²) >= 11 is 1.20. The van der Waals surface area contributed by atoms with Crippen molar-refractivity contribution >= 4 is 23.6 Å². The predicted molar refractivity (Wildman–Crippen MR) is 62.0 cm³/mol. The summed E-state index contributed by atoms with van der Waals surface area (Å²) < 4.78 is 0. The summed E-state index contributed by atoms with van der Waals surface area (Å²) in [4.78, 5) is 23.9. The highest BCUT2D eigenvalue weighted by atomic mass is 32.2. The molecule has 0 aromatic heterocycles. The van der Waals surface area contributed by atoms with E-state index in [0.717, 1.165) is 0 Å². The Morgan fingerprint density at radius 2 is 1.93 bits per heavy atom. The van der Waals surface area contributed by atoms with Gasteiger partial charge in [-0.05, 0) is 12.8 Å². The van der Waals surface area contributed by atoms with Crippen LogP contribution in [0, 0.1) is 5.92 Å². The summed E-state index contributed by atoms with van der Waals surface area (Å²) in [5, 5.41) is 8.41. The second-order valence-electron chi connectivity index (χ2n) is 3.72. The molecular weight excluding hydrogens is 214 g/mol. The zero-order chi connectivity index (χ0) is 12.0. The Morgan fingerprint density at radius 3 is 2.27 bits per heavy atom. The first kappa shape index (κ1) is 14.3. The van der Waals surface area contributed by atoms with Gasteiger partial charge in [-0.25, -0.2) is 0 Å². The van der Waals surface area contributed by atoms with Gasteiger partial charge in [0.05, 0.1) is 5.75 Å². The van der Waals surface area contributed by atoms with Gasteiger partial charge in [-0.1, -0.05) is 13.8 Å². The number of hydrogen-bond acceptors (Lipinski definition) is 3. The number of carboxylic acids is 1. The highest BCUT2D eigenvalue weighted by molar-refractivity contribution is 8.01. The van der Waals surface area contributed by atoms with Crippen LogP contribution in [0.5, 0.6) is 0 Å². The summed E-state index contributed by atoms with van der Waals surface area (Å²) in [7, 11) is 1.72. The fraction of sp³-hybridized carbons (Fsp3) is 0.800. The molecule has 1 unspecified atom stereocenters. The van der Waals surface area contributed by atoms with Gasteiger partial charge in [0, 0.05) is 13.6 Å². The molecule has 0 aliphatic heterocycles. The standard InChI is InChI=1S/C10H19NO3S/c1-5-11(4)8(12)6-15-9(7(2)3)10(13)14/h7,9H,5-6H2,1-4H3,(H,13,14). The number of aliphatic carboxylic acids is 1. The number of nitrogens with zero attached hydrogens (tertiary/aromatic N) is 1. The summed E-state index contributed by atoms with van der Waals surface area (Å²) in [5.74, 6) is -0.594. The van der Waals surface area contributed by atoms with Crippen LogP contribution >= 0.6 is 11.8 Å². The lowest BCUT2D eigenvalue weighted by Gasteiger charge is -2.18. The quantitative estimate of drug-likeness (QED) is 0.751. The molecule has 1 atom stereocenters. The number of thioether (sulfide) groups is 1. The minimum atomic E-state index is -0.845. The maximum Gasteiger partial charge on any atom is 0.316 e. The molecule has 15 heavy (non-hydrogen) atoms. The molecule has 1 N–H and O–H groups in total. The van der Waals surface area contributed by atoms with E-state index in [1.165, 1.54) is 11.8 Å². The molecule has 5 heteroatoms. The van der Waals surface area contributed by atoms with Crippen molar-refractivity contribution in [3.8, 4) is 0 Å².